The van der Waals surface area contributed by atoms with Gasteiger partial charge in [-0.1, -0.05) is 29.4 Å². The van der Waals surface area contributed by atoms with Gasteiger partial charge in [-0.05, 0) is 24.3 Å². The molecule has 4 rings (SSSR count). The van der Waals surface area contributed by atoms with Crippen LogP contribution in [0.25, 0.3) is 22.4 Å². The number of aromatic nitrogens is 3. The van der Waals surface area contributed by atoms with E-state index in [4.69, 9.17) is 4.52 Å². The number of halogens is 1. The van der Waals surface area contributed by atoms with Gasteiger partial charge in [0.2, 0.25) is 0 Å². The molecule has 0 bridgehead atoms. The van der Waals surface area contributed by atoms with Crippen molar-refractivity contribution in [1.82, 2.24) is 20.4 Å². The molecule has 0 fully saturated rings. The third-order valence-corrected chi connectivity index (χ3v) is 3.74. The van der Waals surface area contributed by atoms with Crippen LogP contribution in [0.2, 0.25) is 0 Å². The van der Waals surface area contributed by atoms with Gasteiger partial charge < -0.3 is 14.8 Å². The van der Waals surface area contributed by atoms with Gasteiger partial charge >= 0.3 is 0 Å². The number of fused-ring (bicyclic) bond motifs is 1. The highest BCUT2D eigenvalue weighted by Crippen LogP contribution is 2.23. The molecule has 0 unspecified atom stereocenters. The maximum absolute atomic E-state index is 13.8. The molecule has 25 heavy (non-hydrogen) atoms. The van der Waals surface area contributed by atoms with Gasteiger partial charge in [-0.3, -0.25) is 4.79 Å². The number of carbonyl (C=O) groups is 1. The van der Waals surface area contributed by atoms with Gasteiger partial charge in [-0.2, -0.15) is 0 Å². The third kappa shape index (κ3) is 2.99. The van der Waals surface area contributed by atoms with Gasteiger partial charge in [0.25, 0.3) is 5.91 Å². The number of benzene rings is 2. The number of hydrogen-bond acceptors (Lipinski definition) is 4. The van der Waals surface area contributed by atoms with E-state index in [0.717, 1.165) is 11.0 Å². The molecule has 2 aromatic heterocycles. The number of nitrogens with zero attached hydrogens (tertiary/aromatic N) is 2. The van der Waals surface area contributed by atoms with Crippen LogP contribution < -0.4 is 5.32 Å². The minimum atomic E-state index is -0.437. The molecule has 6 nitrogen and oxygen atoms in total. The summed E-state index contributed by atoms with van der Waals surface area (Å²) in [5.41, 5.74) is 2.06. The predicted octanol–water partition coefficient (Wildman–Crippen LogP) is 3.29. The largest absolute Gasteiger partial charge is 0.355 e. The number of H-pyrrole nitrogens is 1. The van der Waals surface area contributed by atoms with E-state index in [1.54, 1.807) is 18.2 Å². The van der Waals surface area contributed by atoms with Gasteiger partial charge in [0.1, 0.15) is 11.6 Å². The van der Waals surface area contributed by atoms with E-state index in [9.17, 15) is 9.18 Å². The fraction of sp³-hybridized carbons (Fsp3) is 0.0556. The van der Waals surface area contributed by atoms with E-state index < -0.39 is 11.7 Å². The lowest BCUT2D eigenvalue weighted by molar-refractivity contribution is 0.0941. The fourth-order valence-corrected chi connectivity index (χ4v) is 2.51. The summed E-state index contributed by atoms with van der Waals surface area (Å²) in [4.78, 5) is 19.7. The molecule has 0 saturated heterocycles. The summed E-state index contributed by atoms with van der Waals surface area (Å²) in [7, 11) is 0. The molecule has 0 aliphatic carbocycles. The summed E-state index contributed by atoms with van der Waals surface area (Å²) < 4.78 is 18.8. The maximum atomic E-state index is 13.8. The lowest BCUT2D eigenvalue weighted by Crippen LogP contribution is -2.23. The Kier molecular flexibility index (Phi) is 3.74. The minimum Gasteiger partial charge on any atom is -0.355 e. The summed E-state index contributed by atoms with van der Waals surface area (Å²) >= 11 is 0. The summed E-state index contributed by atoms with van der Waals surface area (Å²) in [5, 5.41) is 6.41. The molecule has 2 N–H and O–H groups in total. The SMILES string of the molecule is O=C(NCc1nc2ccccc2[nH]1)c1cc(-c2ccccc2F)on1. The summed E-state index contributed by atoms with van der Waals surface area (Å²) in [6.07, 6.45) is 0. The lowest BCUT2D eigenvalue weighted by atomic mass is 10.1. The van der Waals surface area contributed by atoms with Crippen LogP contribution in [0.15, 0.2) is 59.1 Å². The van der Waals surface area contributed by atoms with E-state index in [1.807, 2.05) is 24.3 Å². The van der Waals surface area contributed by atoms with Crippen molar-refractivity contribution in [2.45, 2.75) is 6.54 Å². The van der Waals surface area contributed by atoms with Crippen LogP contribution in [0.3, 0.4) is 0 Å². The van der Waals surface area contributed by atoms with Crippen molar-refractivity contribution in [2.75, 3.05) is 0 Å². The average Bonchev–Trinajstić information content (AvgIpc) is 3.27. The van der Waals surface area contributed by atoms with Crippen molar-refractivity contribution >= 4 is 16.9 Å². The second kappa shape index (κ2) is 6.20. The van der Waals surface area contributed by atoms with Crippen LogP contribution in [-0.2, 0) is 6.54 Å². The number of rotatable bonds is 4. The number of para-hydroxylation sites is 2. The molecule has 0 aliphatic rings. The first-order chi connectivity index (χ1) is 12.2. The fourth-order valence-electron chi connectivity index (χ4n) is 2.51. The molecule has 0 atom stereocenters. The second-order valence-corrected chi connectivity index (χ2v) is 5.44. The number of amides is 1. The van der Waals surface area contributed by atoms with Gasteiger partial charge in [0.15, 0.2) is 11.5 Å². The van der Waals surface area contributed by atoms with E-state index in [2.05, 4.69) is 20.4 Å². The number of imidazole rings is 1. The first-order valence-electron chi connectivity index (χ1n) is 7.64. The topological polar surface area (TPSA) is 83.8 Å². The van der Waals surface area contributed by atoms with E-state index in [1.165, 1.54) is 12.1 Å². The first-order valence-corrected chi connectivity index (χ1v) is 7.64. The predicted molar refractivity (Wildman–Crippen MR) is 89.2 cm³/mol. The molecule has 0 saturated carbocycles. The molecule has 1 amide bonds. The number of hydrogen-bond donors (Lipinski definition) is 2. The average molecular weight is 336 g/mol. The zero-order valence-corrected chi connectivity index (χ0v) is 13.0. The lowest BCUT2D eigenvalue weighted by Gasteiger charge is -1.99. The summed E-state index contributed by atoms with van der Waals surface area (Å²) in [6.45, 7) is 0.218. The molecule has 4 aromatic rings. The Morgan fingerprint density at radius 2 is 1.96 bits per heavy atom. The van der Waals surface area contributed by atoms with Crippen molar-refractivity contribution in [3.05, 3.63) is 71.9 Å². The Labute approximate surface area is 141 Å². The molecule has 2 aromatic carbocycles. The van der Waals surface area contributed by atoms with Gasteiger partial charge in [0.05, 0.1) is 23.1 Å². The van der Waals surface area contributed by atoms with Crippen LogP contribution in [0.5, 0.6) is 0 Å². The highest BCUT2D eigenvalue weighted by molar-refractivity contribution is 5.93. The monoisotopic (exact) mass is 336 g/mol. The Hall–Kier alpha value is -3.48. The molecule has 0 spiro atoms. The quantitative estimate of drug-likeness (QED) is 0.599. The van der Waals surface area contributed by atoms with Crippen LogP contribution >= 0.6 is 0 Å². The van der Waals surface area contributed by atoms with Crippen molar-refractivity contribution in [3.8, 4) is 11.3 Å². The van der Waals surface area contributed by atoms with Gasteiger partial charge in [0, 0.05) is 6.07 Å². The Morgan fingerprint density at radius 3 is 2.80 bits per heavy atom. The smallest absolute Gasteiger partial charge is 0.273 e. The summed E-state index contributed by atoms with van der Waals surface area (Å²) in [5.74, 6) is -0.0287. The number of carbonyl (C=O) groups excluding carboxylic acids is 1. The van der Waals surface area contributed by atoms with Crippen molar-refractivity contribution in [3.63, 3.8) is 0 Å². The Morgan fingerprint density at radius 1 is 1.16 bits per heavy atom. The standard InChI is InChI=1S/C18H13FN4O2/c19-12-6-2-1-5-11(12)16-9-15(23-25-16)18(24)20-10-17-21-13-7-3-4-8-14(13)22-17/h1-9H,10H2,(H,20,24)(H,21,22). The Balaban J connectivity index is 1.47. The number of nitrogens with one attached hydrogen (secondary N) is 2. The third-order valence-electron chi connectivity index (χ3n) is 3.74. The normalized spacial score (nSPS) is 10.9. The highest BCUT2D eigenvalue weighted by atomic mass is 19.1. The first kappa shape index (κ1) is 15.1. The molecular formula is C18H13FN4O2. The zero-order valence-electron chi connectivity index (χ0n) is 13.0. The summed E-state index contributed by atoms with van der Waals surface area (Å²) in [6, 6.07) is 15.1. The van der Waals surface area contributed by atoms with Crippen LogP contribution in [0, 0.1) is 5.82 Å². The highest BCUT2D eigenvalue weighted by Gasteiger charge is 2.16. The molecular weight excluding hydrogens is 323 g/mol. The molecule has 2 heterocycles. The van der Waals surface area contributed by atoms with Crippen LogP contribution in [0.1, 0.15) is 16.3 Å². The minimum absolute atomic E-state index is 0.0781. The zero-order chi connectivity index (χ0) is 17.2. The molecule has 124 valence electrons. The molecule has 0 aliphatic heterocycles. The number of aromatic amines is 1. The van der Waals surface area contributed by atoms with E-state index in [-0.39, 0.29) is 23.6 Å². The van der Waals surface area contributed by atoms with E-state index >= 15 is 0 Å². The Bertz CT molecular complexity index is 1020. The van der Waals surface area contributed by atoms with E-state index in [0.29, 0.717) is 5.82 Å². The van der Waals surface area contributed by atoms with Gasteiger partial charge in [-0.15, -0.1) is 0 Å². The molecule has 0 radical (unpaired) electrons. The van der Waals surface area contributed by atoms with Crippen molar-refractivity contribution in [2.24, 2.45) is 0 Å². The van der Waals surface area contributed by atoms with Crippen molar-refractivity contribution < 1.29 is 13.7 Å². The maximum Gasteiger partial charge on any atom is 0.273 e. The molecule has 7 heteroatoms. The van der Waals surface area contributed by atoms with Crippen molar-refractivity contribution in [1.29, 1.82) is 0 Å². The second-order valence-electron chi connectivity index (χ2n) is 5.44. The van der Waals surface area contributed by atoms with Crippen LogP contribution in [0.4, 0.5) is 4.39 Å². The van der Waals surface area contributed by atoms with Crippen LogP contribution in [-0.4, -0.2) is 21.0 Å². The van der Waals surface area contributed by atoms with Gasteiger partial charge in [-0.25, -0.2) is 9.37 Å².